The summed E-state index contributed by atoms with van der Waals surface area (Å²) in [6.07, 6.45) is 5.18. The molecular formula is C21H26. The van der Waals surface area contributed by atoms with Crippen LogP contribution < -0.4 is 0 Å². The second-order valence-corrected chi connectivity index (χ2v) is 6.67. The molecular weight excluding hydrogens is 252 g/mol. The highest BCUT2D eigenvalue weighted by Gasteiger charge is 2.16. The van der Waals surface area contributed by atoms with Crippen molar-refractivity contribution in [3.8, 4) is 0 Å². The lowest BCUT2D eigenvalue weighted by Crippen LogP contribution is -2.04. The average molecular weight is 278 g/mol. The van der Waals surface area contributed by atoms with Crippen molar-refractivity contribution in [2.75, 3.05) is 0 Å². The van der Waals surface area contributed by atoms with E-state index in [1.165, 1.54) is 27.8 Å². The number of rotatable bonds is 3. The summed E-state index contributed by atoms with van der Waals surface area (Å²) >= 11 is 0. The number of aryl methyl sites for hydroxylation is 1. The fourth-order valence-corrected chi connectivity index (χ4v) is 2.94. The highest BCUT2D eigenvalue weighted by Crippen LogP contribution is 2.35. The van der Waals surface area contributed by atoms with Crippen LogP contribution in [0.25, 0.3) is 6.08 Å². The van der Waals surface area contributed by atoms with Gasteiger partial charge in [0.25, 0.3) is 0 Å². The Morgan fingerprint density at radius 1 is 1.10 bits per heavy atom. The molecule has 0 amide bonds. The fraction of sp³-hybridized carbons (Fsp3) is 0.333. The second-order valence-electron chi connectivity index (χ2n) is 6.67. The molecule has 0 atom stereocenters. The van der Waals surface area contributed by atoms with E-state index >= 15 is 0 Å². The summed E-state index contributed by atoms with van der Waals surface area (Å²) in [5.74, 6) is 0.655. The first kappa shape index (κ1) is 15.6. The van der Waals surface area contributed by atoms with Crippen LogP contribution in [0.15, 0.2) is 60.2 Å². The van der Waals surface area contributed by atoms with Crippen molar-refractivity contribution in [2.45, 2.75) is 40.0 Å². The summed E-state index contributed by atoms with van der Waals surface area (Å²) in [5.41, 5.74) is 8.75. The topological polar surface area (TPSA) is 0 Å². The Balaban J connectivity index is 2.43. The van der Waals surface area contributed by atoms with Crippen LogP contribution in [-0.2, 0) is 6.42 Å². The van der Waals surface area contributed by atoms with E-state index in [1.54, 1.807) is 0 Å². The molecule has 21 heavy (non-hydrogen) atoms. The van der Waals surface area contributed by atoms with Crippen LogP contribution in [-0.4, -0.2) is 0 Å². The number of hydrogen-bond acceptors (Lipinski definition) is 0. The van der Waals surface area contributed by atoms with Crippen molar-refractivity contribution in [2.24, 2.45) is 5.92 Å². The Labute approximate surface area is 129 Å². The molecule has 0 nitrogen and oxygen atoms in total. The first-order valence-corrected chi connectivity index (χ1v) is 7.71. The molecule has 1 aromatic rings. The van der Waals surface area contributed by atoms with E-state index < -0.39 is 0 Å². The summed E-state index contributed by atoms with van der Waals surface area (Å²) in [5, 5.41) is 0. The molecule has 0 radical (unpaired) electrons. The highest BCUT2D eigenvalue weighted by molar-refractivity contribution is 5.69. The lowest BCUT2D eigenvalue weighted by Gasteiger charge is -2.22. The van der Waals surface area contributed by atoms with Gasteiger partial charge in [-0.3, -0.25) is 0 Å². The van der Waals surface area contributed by atoms with Crippen molar-refractivity contribution in [1.82, 2.24) is 0 Å². The Morgan fingerprint density at radius 2 is 1.71 bits per heavy atom. The molecule has 1 saturated carbocycles. The maximum absolute atomic E-state index is 4.22. The molecule has 0 aromatic heterocycles. The maximum atomic E-state index is 4.22. The van der Waals surface area contributed by atoms with Crippen LogP contribution in [0.5, 0.6) is 0 Å². The molecule has 0 heterocycles. The number of benzene rings is 1. The third-order valence-electron chi connectivity index (χ3n) is 3.92. The third-order valence-corrected chi connectivity index (χ3v) is 3.92. The van der Waals surface area contributed by atoms with Crippen molar-refractivity contribution < 1.29 is 0 Å². The summed E-state index contributed by atoms with van der Waals surface area (Å²) in [7, 11) is 0. The molecule has 110 valence electrons. The van der Waals surface area contributed by atoms with Gasteiger partial charge in [-0.1, -0.05) is 62.9 Å². The van der Waals surface area contributed by atoms with Crippen molar-refractivity contribution >= 4 is 6.08 Å². The standard InChI is InChI=1S/C21H26/c1-14(2)9-19-8-7-15(3)12-20(19)13-21-17(5)10-16(4)11-18(21)6/h7-8,12-14H,4-6,9-11H2,1-3H3. The van der Waals surface area contributed by atoms with Crippen LogP contribution in [0, 0.1) is 12.8 Å². The molecule has 1 fully saturated rings. The van der Waals surface area contributed by atoms with Gasteiger partial charge in [-0.15, -0.1) is 0 Å². The van der Waals surface area contributed by atoms with E-state index in [0.717, 1.165) is 30.4 Å². The smallest absolute Gasteiger partial charge is 0.00663 e. The monoisotopic (exact) mass is 278 g/mol. The van der Waals surface area contributed by atoms with Crippen LogP contribution in [0.3, 0.4) is 0 Å². The van der Waals surface area contributed by atoms with Gasteiger partial charge in [0, 0.05) is 0 Å². The highest BCUT2D eigenvalue weighted by atomic mass is 14.2. The molecule has 0 heteroatoms. The third kappa shape index (κ3) is 3.85. The molecule has 2 rings (SSSR count). The summed E-state index contributed by atoms with van der Waals surface area (Å²) in [6.45, 7) is 19.2. The second kappa shape index (κ2) is 6.30. The maximum Gasteiger partial charge on any atom is -0.00663 e. The minimum Gasteiger partial charge on any atom is -0.0992 e. The first-order valence-electron chi connectivity index (χ1n) is 7.71. The molecule has 0 unspecified atom stereocenters. The minimum atomic E-state index is 0.655. The lowest BCUT2D eigenvalue weighted by atomic mass is 9.82. The Hall–Kier alpha value is -1.82. The Bertz CT molecular complexity index is 601. The predicted octanol–water partition coefficient (Wildman–Crippen LogP) is 6.04. The van der Waals surface area contributed by atoms with E-state index in [0.29, 0.717) is 5.92 Å². The van der Waals surface area contributed by atoms with Crippen molar-refractivity contribution in [1.29, 1.82) is 0 Å². The summed E-state index contributed by atoms with van der Waals surface area (Å²) < 4.78 is 0. The van der Waals surface area contributed by atoms with Crippen LogP contribution in [0.2, 0.25) is 0 Å². The molecule has 0 aliphatic heterocycles. The predicted molar refractivity (Wildman–Crippen MR) is 94.4 cm³/mol. The van der Waals surface area contributed by atoms with Gasteiger partial charge in [-0.25, -0.2) is 0 Å². The van der Waals surface area contributed by atoms with Crippen LogP contribution >= 0.6 is 0 Å². The SMILES string of the molecule is C=C1CC(=C)C(=Cc2cc(C)ccc2CC(C)C)C(=C)C1. The zero-order valence-corrected chi connectivity index (χ0v) is 13.6. The Morgan fingerprint density at radius 3 is 2.29 bits per heavy atom. The van der Waals surface area contributed by atoms with E-state index in [1.807, 2.05) is 0 Å². The summed E-state index contributed by atoms with van der Waals surface area (Å²) in [6, 6.07) is 6.73. The molecule has 0 N–H and O–H groups in total. The molecule has 0 saturated heterocycles. The van der Waals surface area contributed by atoms with E-state index in [2.05, 4.69) is 64.8 Å². The van der Waals surface area contributed by atoms with Gasteiger partial charge in [0.05, 0.1) is 0 Å². The normalized spacial score (nSPS) is 15.8. The molecule has 1 aromatic carbocycles. The fourth-order valence-electron chi connectivity index (χ4n) is 2.94. The zero-order valence-electron chi connectivity index (χ0n) is 13.6. The average Bonchev–Trinajstić information content (AvgIpc) is 2.36. The van der Waals surface area contributed by atoms with Gasteiger partial charge in [0.1, 0.15) is 0 Å². The van der Waals surface area contributed by atoms with Crippen LogP contribution in [0.1, 0.15) is 43.4 Å². The molecule has 0 spiro atoms. The number of hydrogen-bond donors (Lipinski definition) is 0. The first-order chi connectivity index (χ1) is 9.86. The number of allylic oxidation sites excluding steroid dienone is 4. The van der Waals surface area contributed by atoms with E-state index in [-0.39, 0.29) is 0 Å². The van der Waals surface area contributed by atoms with E-state index in [9.17, 15) is 0 Å². The van der Waals surface area contributed by atoms with Gasteiger partial charge < -0.3 is 0 Å². The molecule has 1 aliphatic carbocycles. The zero-order chi connectivity index (χ0) is 15.6. The quantitative estimate of drug-likeness (QED) is 0.591. The largest absolute Gasteiger partial charge is 0.0992 e. The Kier molecular flexibility index (Phi) is 4.67. The van der Waals surface area contributed by atoms with Gasteiger partial charge in [-0.2, -0.15) is 0 Å². The van der Waals surface area contributed by atoms with Crippen LogP contribution in [0.4, 0.5) is 0 Å². The van der Waals surface area contributed by atoms with Gasteiger partial charge in [0.15, 0.2) is 0 Å². The summed E-state index contributed by atoms with van der Waals surface area (Å²) in [4.78, 5) is 0. The lowest BCUT2D eigenvalue weighted by molar-refractivity contribution is 0.646. The molecule has 0 bridgehead atoms. The van der Waals surface area contributed by atoms with Gasteiger partial charge in [-0.05, 0) is 66.0 Å². The minimum absolute atomic E-state index is 0.655. The van der Waals surface area contributed by atoms with E-state index in [4.69, 9.17) is 0 Å². The van der Waals surface area contributed by atoms with Crippen molar-refractivity contribution in [3.05, 3.63) is 76.9 Å². The van der Waals surface area contributed by atoms with Crippen molar-refractivity contribution in [3.63, 3.8) is 0 Å². The van der Waals surface area contributed by atoms with Gasteiger partial charge in [0.2, 0.25) is 0 Å². The van der Waals surface area contributed by atoms with Gasteiger partial charge >= 0.3 is 0 Å². The molecule has 1 aliphatic rings.